The average molecular weight is 310 g/mol. The molecule has 5 heteroatoms. The molecule has 2 nitrogen and oxygen atoms in total. The maximum absolute atomic E-state index is 13.2. The third-order valence-electron chi connectivity index (χ3n) is 3.32. The van der Waals surface area contributed by atoms with Crippen LogP contribution in [0.1, 0.15) is 18.4 Å². The van der Waals surface area contributed by atoms with Gasteiger partial charge in [0.1, 0.15) is 11.5 Å². The predicted octanol–water partition coefficient (Wildman–Crippen LogP) is 4.66. The number of halogens is 3. The van der Waals surface area contributed by atoms with Gasteiger partial charge in [0.05, 0.1) is 5.02 Å². The molecule has 1 fully saturated rings. The van der Waals surface area contributed by atoms with Crippen molar-refractivity contribution in [1.82, 2.24) is 5.32 Å². The number of hydrogen-bond donors (Lipinski definition) is 1. The lowest BCUT2D eigenvalue weighted by molar-refractivity contribution is 0.455. The number of ether oxygens (including phenoxy) is 1. The molecule has 0 radical (unpaired) electrons. The molecule has 3 rings (SSSR count). The fourth-order valence-electron chi connectivity index (χ4n) is 2.01. The van der Waals surface area contributed by atoms with Crippen LogP contribution >= 0.6 is 11.6 Å². The first-order chi connectivity index (χ1) is 10.1. The van der Waals surface area contributed by atoms with Crippen LogP contribution in [-0.4, -0.2) is 6.04 Å². The summed E-state index contributed by atoms with van der Waals surface area (Å²) in [7, 11) is 0. The second kappa shape index (κ2) is 6.00. The Morgan fingerprint density at radius 3 is 2.67 bits per heavy atom. The van der Waals surface area contributed by atoms with Gasteiger partial charge in [0.2, 0.25) is 0 Å². The first-order valence-electron chi connectivity index (χ1n) is 6.77. The van der Waals surface area contributed by atoms with Crippen LogP contribution in [0.15, 0.2) is 36.4 Å². The van der Waals surface area contributed by atoms with E-state index in [2.05, 4.69) is 5.32 Å². The van der Waals surface area contributed by atoms with Crippen LogP contribution in [0, 0.1) is 11.6 Å². The minimum atomic E-state index is -0.947. The average Bonchev–Trinajstić information content (AvgIpc) is 3.28. The third-order valence-corrected chi connectivity index (χ3v) is 3.62. The summed E-state index contributed by atoms with van der Waals surface area (Å²) in [5.74, 6) is -1.16. The Morgan fingerprint density at radius 1 is 1.14 bits per heavy atom. The van der Waals surface area contributed by atoms with Gasteiger partial charge < -0.3 is 10.1 Å². The quantitative estimate of drug-likeness (QED) is 0.867. The van der Waals surface area contributed by atoms with Crippen molar-refractivity contribution in [3.63, 3.8) is 0 Å². The first-order valence-corrected chi connectivity index (χ1v) is 7.15. The second-order valence-electron chi connectivity index (χ2n) is 5.06. The van der Waals surface area contributed by atoms with E-state index >= 15 is 0 Å². The van der Waals surface area contributed by atoms with Gasteiger partial charge in [-0.15, -0.1) is 0 Å². The normalized spacial score (nSPS) is 14.2. The van der Waals surface area contributed by atoms with Gasteiger partial charge >= 0.3 is 0 Å². The van der Waals surface area contributed by atoms with E-state index in [9.17, 15) is 8.78 Å². The molecule has 2 aromatic rings. The molecule has 1 N–H and O–H groups in total. The van der Waals surface area contributed by atoms with E-state index < -0.39 is 11.6 Å². The Bertz CT molecular complexity index is 659. The molecule has 0 heterocycles. The highest BCUT2D eigenvalue weighted by Crippen LogP contribution is 2.34. The summed E-state index contributed by atoms with van der Waals surface area (Å²) < 4.78 is 31.8. The summed E-state index contributed by atoms with van der Waals surface area (Å²) in [5.41, 5.74) is 0.888. The molecule has 1 aliphatic rings. The van der Waals surface area contributed by atoms with Crippen LogP contribution in [0.5, 0.6) is 11.5 Å². The molecule has 0 bridgehead atoms. The van der Waals surface area contributed by atoms with Gasteiger partial charge in [-0.3, -0.25) is 0 Å². The summed E-state index contributed by atoms with van der Waals surface area (Å²) in [6, 6.07) is 9.42. The molecule has 0 saturated heterocycles. The van der Waals surface area contributed by atoms with Crippen molar-refractivity contribution >= 4 is 11.6 Å². The molecule has 110 valence electrons. The fourth-order valence-corrected chi connectivity index (χ4v) is 2.24. The molecule has 0 amide bonds. The van der Waals surface area contributed by atoms with Crippen molar-refractivity contribution in [2.45, 2.75) is 25.4 Å². The first kappa shape index (κ1) is 14.3. The molecular weight excluding hydrogens is 296 g/mol. The Labute approximate surface area is 126 Å². The molecule has 0 aliphatic heterocycles. The van der Waals surface area contributed by atoms with E-state index in [0.717, 1.165) is 17.7 Å². The van der Waals surface area contributed by atoms with E-state index in [-0.39, 0.29) is 5.75 Å². The maximum atomic E-state index is 13.2. The van der Waals surface area contributed by atoms with Gasteiger partial charge in [-0.05, 0) is 31.0 Å². The third kappa shape index (κ3) is 3.52. The van der Waals surface area contributed by atoms with Crippen LogP contribution in [0.25, 0.3) is 0 Å². The highest BCUT2D eigenvalue weighted by molar-refractivity contribution is 6.32. The zero-order valence-corrected chi connectivity index (χ0v) is 12.0. The molecule has 1 saturated carbocycles. The fraction of sp³-hybridized carbons (Fsp3) is 0.250. The lowest BCUT2D eigenvalue weighted by Gasteiger charge is -2.13. The zero-order chi connectivity index (χ0) is 14.8. The molecular formula is C16H14ClF2NO. The van der Waals surface area contributed by atoms with Gasteiger partial charge in [0, 0.05) is 24.2 Å². The van der Waals surface area contributed by atoms with Crippen LogP contribution in [-0.2, 0) is 6.54 Å². The summed E-state index contributed by atoms with van der Waals surface area (Å²) in [6.07, 6.45) is 2.36. The van der Waals surface area contributed by atoms with E-state index in [1.54, 1.807) is 6.07 Å². The number of para-hydroxylation sites is 1. The lowest BCUT2D eigenvalue weighted by atomic mass is 10.2. The van der Waals surface area contributed by atoms with Crippen LogP contribution in [0.2, 0.25) is 5.02 Å². The minimum Gasteiger partial charge on any atom is -0.455 e. The Kier molecular flexibility index (Phi) is 4.08. The van der Waals surface area contributed by atoms with E-state index in [4.69, 9.17) is 16.3 Å². The predicted molar refractivity (Wildman–Crippen MR) is 77.7 cm³/mol. The Hall–Kier alpha value is -1.65. The number of hydrogen-bond acceptors (Lipinski definition) is 2. The Balaban J connectivity index is 1.83. The molecule has 1 aliphatic carbocycles. The highest BCUT2D eigenvalue weighted by atomic mass is 35.5. The van der Waals surface area contributed by atoms with Crippen molar-refractivity contribution < 1.29 is 13.5 Å². The molecule has 0 atom stereocenters. The topological polar surface area (TPSA) is 21.3 Å². The van der Waals surface area contributed by atoms with Crippen molar-refractivity contribution in [3.8, 4) is 11.5 Å². The summed E-state index contributed by atoms with van der Waals surface area (Å²) >= 11 is 6.16. The van der Waals surface area contributed by atoms with Gasteiger partial charge in [-0.1, -0.05) is 23.7 Å². The molecule has 2 aromatic carbocycles. The minimum absolute atomic E-state index is 0.217. The largest absolute Gasteiger partial charge is 0.455 e. The smallest absolute Gasteiger partial charge is 0.162 e. The highest BCUT2D eigenvalue weighted by Gasteiger charge is 2.21. The van der Waals surface area contributed by atoms with Gasteiger partial charge in [0.25, 0.3) is 0 Å². The number of benzene rings is 2. The second-order valence-corrected chi connectivity index (χ2v) is 5.47. The van der Waals surface area contributed by atoms with Crippen LogP contribution < -0.4 is 10.1 Å². The zero-order valence-electron chi connectivity index (χ0n) is 11.2. The van der Waals surface area contributed by atoms with Crippen LogP contribution in [0.3, 0.4) is 0 Å². The molecule has 0 spiro atoms. The summed E-state index contributed by atoms with van der Waals surface area (Å²) in [6.45, 7) is 0.629. The van der Waals surface area contributed by atoms with Crippen LogP contribution in [0.4, 0.5) is 8.78 Å². The SMILES string of the molecule is Fc1ccc(Oc2c(Cl)cccc2CNC2CC2)cc1F. The standard InChI is InChI=1S/C16H14ClF2NO/c17-13-3-1-2-10(9-20-11-4-5-11)16(13)21-12-6-7-14(18)15(19)8-12/h1-3,6-8,11,20H,4-5,9H2. The maximum Gasteiger partial charge on any atom is 0.162 e. The van der Waals surface area contributed by atoms with Crippen molar-refractivity contribution in [2.24, 2.45) is 0 Å². The number of rotatable bonds is 5. The monoisotopic (exact) mass is 309 g/mol. The molecule has 0 unspecified atom stereocenters. The van der Waals surface area contributed by atoms with Crippen molar-refractivity contribution in [2.75, 3.05) is 0 Å². The van der Waals surface area contributed by atoms with Crippen molar-refractivity contribution in [1.29, 1.82) is 0 Å². The Morgan fingerprint density at radius 2 is 1.95 bits per heavy atom. The van der Waals surface area contributed by atoms with Gasteiger partial charge in [0.15, 0.2) is 11.6 Å². The molecule has 21 heavy (non-hydrogen) atoms. The summed E-state index contributed by atoms with van der Waals surface area (Å²) in [5, 5.41) is 3.81. The van der Waals surface area contributed by atoms with E-state index in [0.29, 0.717) is 23.4 Å². The van der Waals surface area contributed by atoms with Gasteiger partial charge in [-0.25, -0.2) is 8.78 Å². The van der Waals surface area contributed by atoms with E-state index in [1.807, 2.05) is 12.1 Å². The van der Waals surface area contributed by atoms with Gasteiger partial charge in [-0.2, -0.15) is 0 Å². The van der Waals surface area contributed by atoms with E-state index in [1.165, 1.54) is 18.9 Å². The lowest BCUT2D eigenvalue weighted by Crippen LogP contribution is -2.15. The molecule has 0 aromatic heterocycles. The number of nitrogens with one attached hydrogen (secondary N) is 1. The summed E-state index contributed by atoms with van der Waals surface area (Å²) in [4.78, 5) is 0. The van der Waals surface area contributed by atoms with Crippen molar-refractivity contribution in [3.05, 3.63) is 58.6 Å².